The molecule has 0 unspecified atom stereocenters. The molecule has 0 aromatic heterocycles. The van der Waals surface area contributed by atoms with E-state index in [1.54, 1.807) is 31.2 Å². The molecule has 1 aromatic carbocycles. The highest BCUT2D eigenvalue weighted by Gasteiger charge is 2.25. The molecule has 0 atom stereocenters. The number of aliphatic carboxylic acids is 1. The third-order valence-electron chi connectivity index (χ3n) is 2.37. The van der Waals surface area contributed by atoms with Crippen LogP contribution in [0, 0.1) is 0 Å². The lowest BCUT2D eigenvalue weighted by Crippen LogP contribution is -2.19. The second-order valence-electron chi connectivity index (χ2n) is 3.59. The summed E-state index contributed by atoms with van der Waals surface area (Å²) < 4.78 is 0. The molecule has 1 aliphatic rings. The Morgan fingerprint density at radius 1 is 1.22 bits per heavy atom. The maximum atomic E-state index is 10.9. The molecule has 2 N–H and O–H groups in total. The average Bonchev–Trinajstić information content (AvgIpc) is 2.65. The lowest BCUT2D eigenvalue weighted by Gasteiger charge is -1.88. The maximum Gasteiger partial charge on any atom is 0.330 e. The second-order valence-corrected chi connectivity index (χ2v) is 3.59. The number of carboxylic acid groups (broad SMARTS) is 1. The standard InChI is InChI=1S/C8H5NO2.C5H8O2/c10-7-5-3-1-2-4-6(5)8(11)9-7;1-3-4(2)5(6)7/h1-4H,(H,9,10,11);2-3H2,1H3,(H,6,7). The van der Waals surface area contributed by atoms with Crippen molar-refractivity contribution in [1.29, 1.82) is 0 Å². The van der Waals surface area contributed by atoms with Crippen molar-refractivity contribution in [3.63, 3.8) is 0 Å². The summed E-state index contributed by atoms with van der Waals surface area (Å²) in [7, 11) is 0. The zero-order chi connectivity index (χ0) is 13.7. The van der Waals surface area contributed by atoms with Crippen molar-refractivity contribution in [2.45, 2.75) is 13.3 Å². The molecule has 2 amide bonds. The smallest absolute Gasteiger partial charge is 0.330 e. The van der Waals surface area contributed by atoms with Crippen molar-refractivity contribution in [3.05, 3.63) is 47.5 Å². The predicted octanol–water partition coefficient (Wildman–Crippen LogP) is 1.61. The summed E-state index contributed by atoms with van der Waals surface area (Å²) in [4.78, 5) is 31.7. The molecule has 0 radical (unpaired) electrons. The number of amides is 2. The number of nitrogens with one attached hydrogen (secondary N) is 1. The van der Waals surface area contributed by atoms with Crippen molar-refractivity contribution in [2.75, 3.05) is 0 Å². The van der Waals surface area contributed by atoms with Crippen molar-refractivity contribution in [3.8, 4) is 0 Å². The van der Waals surface area contributed by atoms with Crippen LogP contribution < -0.4 is 5.32 Å². The molecule has 0 aliphatic carbocycles. The molecule has 1 heterocycles. The number of carbonyl (C=O) groups is 3. The van der Waals surface area contributed by atoms with Gasteiger partial charge in [0, 0.05) is 5.57 Å². The lowest BCUT2D eigenvalue weighted by molar-refractivity contribution is -0.132. The number of fused-ring (bicyclic) bond motifs is 1. The molecule has 5 heteroatoms. The minimum absolute atomic E-state index is 0.264. The highest BCUT2D eigenvalue weighted by atomic mass is 16.4. The van der Waals surface area contributed by atoms with Gasteiger partial charge in [0.05, 0.1) is 11.1 Å². The molecule has 0 bridgehead atoms. The van der Waals surface area contributed by atoms with E-state index in [9.17, 15) is 14.4 Å². The van der Waals surface area contributed by atoms with Gasteiger partial charge in [-0.15, -0.1) is 0 Å². The molecule has 94 valence electrons. The quantitative estimate of drug-likeness (QED) is 0.614. The normalized spacial score (nSPS) is 12.1. The van der Waals surface area contributed by atoms with Gasteiger partial charge in [-0.2, -0.15) is 0 Å². The van der Waals surface area contributed by atoms with Crippen LogP contribution in [-0.4, -0.2) is 22.9 Å². The number of carbonyl (C=O) groups excluding carboxylic acids is 2. The largest absolute Gasteiger partial charge is 0.478 e. The van der Waals surface area contributed by atoms with E-state index in [-0.39, 0.29) is 17.4 Å². The number of benzene rings is 1. The first-order chi connectivity index (χ1) is 8.47. The number of rotatable bonds is 2. The maximum absolute atomic E-state index is 10.9. The molecular weight excluding hydrogens is 234 g/mol. The topological polar surface area (TPSA) is 83.5 Å². The van der Waals surface area contributed by atoms with Gasteiger partial charge >= 0.3 is 5.97 Å². The molecule has 5 nitrogen and oxygen atoms in total. The van der Waals surface area contributed by atoms with E-state index < -0.39 is 5.97 Å². The van der Waals surface area contributed by atoms with Crippen molar-refractivity contribution < 1.29 is 19.5 Å². The zero-order valence-corrected chi connectivity index (χ0v) is 9.90. The van der Waals surface area contributed by atoms with E-state index in [2.05, 4.69) is 11.9 Å². The SMILES string of the molecule is C=C(CC)C(=O)O.O=C1NC(=O)c2ccccc21. The number of carboxylic acids is 1. The lowest BCUT2D eigenvalue weighted by atomic mass is 10.1. The Labute approximate surface area is 104 Å². The summed E-state index contributed by atoms with van der Waals surface area (Å²) >= 11 is 0. The zero-order valence-electron chi connectivity index (χ0n) is 9.90. The van der Waals surface area contributed by atoms with Gasteiger partial charge in [0.1, 0.15) is 0 Å². The van der Waals surface area contributed by atoms with Crippen LogP contribution in [0.15, 0.2) is 36.4 Å². The fourth-order valence-electron chi connectivity index (χ4n) is 1.27. The molecule has 0 saturated carbocycles. The van der Waals surface area contributed by atoms with Gasteiger partial charge in [0.15, 0.2) is 0 Å². The Hall–Kier alpha value is -2.43. The van der Waals surface area contributed by atoms with Gasteiger partial charge in [0.2, 0.25) is 0 Å². The fourth-order valence-corrected chi connectivity index (χ4v) is 1.27. The summed E-state index contributed by atoms with van der Waals surface area (Å²) in [5.41, 5.74) is 1.20. The van der Waals surface area contributed by atoms with Crippen molar-refractivity contribution in [1.82, 2.24) is 5.32 Å². The van der Waals surface area contributed by atoms with E-state index in [0.717, 1.165) is 0 Å². The summed E-state index contributed by atoms with van der Waals surface area (Å²) in [6, 6.07) is 6.74. The van der Waals surface area contributed by atoms with Crippen LogP contribution in [0.25, 0.3) is 0 Å². The van der Waals surface area contributed by atoms with Crippen molar-refractivity contribution in [2.24, 2.45) is 0 Å². The van der Waals surface area contributed by atoms with E-state index >= 15 is 0 Å². The van der Waals surface area contributed by atoms with Crippen LogP contribution in [0.3, 0.4) is 0 Å². The van der Waals surface area contributed by atoms with Crippen LogP contribution in [0.4, 0.5) is 0 Å². The molecule has 18 heavy (non-hydrogen) atoms. The van der Waals surface area contributed by atoms with Gasteiger partial charge in [-0.3, -0.25) is 14.9 Å². The van der Waals surface area contributed by atoms with Crippen LogP contribution in [0.1, 0.15) is 34.1 Å². The predicted molar refractivity (Wildman–Crippen MR) is 65.3 cm³/mol. The summed E-state index contributed by atoms with van der Waals surface area (Å²) in [5, 5.41) is 10.3. The van der Waals surface area contributed by atoms with E-state index in [0.29, 0.717) is 17.5 Å². The highest BCUT2D eigenvalue weighted by Crippen LogP contribution is 2.13. The number of imide groups is 1. The highest BCUT2D eigenvalue weighted by molar-refractivity contribution is 6.21. The molecule has 1 aromatic rings. The Morgan fingerprint density at radius 3 is 1.94 bits per heavy atom. The van der Waals surface area contributed by atoms with E-state index in [1.807, 2.05) is 0 Å². The van der Waals surface area contributed by atoms with E-state index in [1.165, 1.54) is 0 Å². The molecule has 1 aliphatic heterocycles. The third kappa shape index (κ3) is 3.04. The Morgan fingerprint density at radius 2 is 1.67 bits per heavy atom. The number of hydrogen-bond acceptors (Lipinski definition) is 3. The second kappa shape index (κ2) is 5.77. The van der Waals surface area contributed by atoms with Gasteiger partial charge in [0.25, 0.3) is 11.8 Å². The Bertz CT molecular complexity index is 486. The number of hydrogen-bond donors (Lipinski definition) is 2. The summed E-state index contributed by atoms with van der Waals surface area (Å²) in [5.74, 6) is -1.50. The Kier molecular flexibility index (Phi) is 4.37. The van der Waals surface area contributed by atoms with Gasteiger partial charge in [-0.05, 0) is 18.6 Å². The van der Waals surface area contributed by atoms with Gasteiger partial charge < -0.3 is 5.11 Å². The molecule has 0 saturated heterocycles. The van der Waals surface area contributed by atoms with Crippen LogP contribution in [0.2, 0.25) is 0 Å². The first kappa shape index (κ1) is 13.6. The first-order valence-electron chi connectivity index (χ1n) is 5.33. The minimum Gasteiger partial charge on any atom is -0.478 e. The Balaban J connectivity index is 0.000000203. The molecular formula is C13H13NO4. The monoisotopic (exact) mass is 247 g/mol. The van der Waals surface area contributed by atoms with Crippen molar-refractivity contribution >= 4 is 17.8 Å². The molecule has 0 spiro atoms. The third-order valence-corrected chi connectivity index (χ3v) is 2.37. The molecule has 2 rings (SSSR count). The average molecular weight is 247 g/mol. The first-order valence-corrected chi connectivity index (χ1v) is 5.33. The summed E-state index contributed by atoms with van der Waals surface area (Å²) in [6.45, 7) is 5.03. The van der Waals surface area contributed by atoms with E-state index in [4.69, 9.17) is 5.11 Å². The van der Waals surface area contributed by atoms with Crippen LogP contribution in [0.5, 0.6) is 0 Å². The van der Waals surface area contributed by atoms with Gasteiger partial charge in [-0.25, -0.2) is 4.79 Å². The van der Waals surface area contributed by atoms with Crippen LogP contribution in [-0.2, 0) is 4.79 Å². The van der Waals surface area contributed by atoms with Crippen LogP contribution >= 0.6 is 0 Å². The minimum atomic E-state index is -0.900. The van der Waals surface area contributed by atoms with Gasteiger partial charge in [-0.1, -0.05) is 25.6 Å². The summed E-state index contributed by atoms with van der Waals surface area (Å²) in [6.07, 6.45) is 0.523. The fraction of sp³-hybridized carbons (Fsp3) is 0.154. The molecule has 0 fully saturated rings.